The standard InChI is InChI=1S/C13H24N2O6S2/c1-13(10-22(17,18)9-11(13)23(19,20)21)14-12(16)5-8-15-6-3-2-4-7-15/h11H,2-10H2,1H3,(H,14,16)(H,19,20,21)/t11-,13-/m0/s1. The summed E-state index contributed by atoms with van der Waals surface area (Å²) in [5.41, 5.74) is -1.55. The molecule has 0 aromatic heterocycles. The van der Waals surface area contributed by atoms with Gasteiger partial charge in [0.05, 0.1) is 48.3 Å². The highest BCUT2D eigenvalue weighted by atomic mass is 32.2. The predicted molar refractivity (Wildman–Crippen MR) is 82.7 cm³/mol. The maximum absolute atomic E-state index is 12.1. The largest absolute Gasteiger partial charge is 0.748 e. The van der Waals surface area contributed by atoms with Gasteiger partial charge in [-0.25, -0.2) is 16.8 Å². The molecule has 0 bridgehead atoms. The second kappa shape index (κ2) is 6.66. The number of amides is 1. The van der Waals surface area contributed by atoms with Crippen molar-refractivity contribution in [2.24, 2.45) is 0 Å². The van der Waals surface area contributed by atoms with Gasteiger partial charge in [-0.2, -0.15) is 0 Å². The number of sulfone groups is 1. The van der Waals surface area contributed by atoms with Crippen molar-refractivity contribution in [2.45, 2.75) is 43.4 Å². The van der Waals surface area contributed by atoms with Gasteiger partial charge >= 0.3 is 0 Å². The lowest BCUT2D eigenvalue weighted by molar-refractivity contribution is -0.904. The van der Waals surface area contributed by atoms with Crippen LogP contribution in [-0.2, 0) is 24.7 Å². The van der Waals surface area contributed by atoms with Crippen LogP contribution in [0, 0.1) is 0 Å². The summed E-state index contributed by atoms with van der Waals surface area (Å²) in [7, 11) is -8.48. The molecule has 2 aliphatic rings. The van der Waals surface area contributed by atoms with Crippen LogP contribution in [0.5, 0.6) is 0 Å². The van der Waals surface area contributed by atoms with Gasteiger partial charge in [0.2, 0.25) is 5.91 Å². The summed E-state index contributed by atoms with van der Waals surface area (Å²) < 4.78 is 57.5. The van der Waals surface area contributed by atoms with E-state index in [-0.39, 0.29) is 6.42 Å². The smallest absolute Gasteiger partial charge is 0.226 e. The molecule has 2 saturated heterocycles. The number of likely N-dealkylation sites (tertiary alicyclic amines) is 1. The molecule has 2 aliphatic heterocycles. The lowest BCUT2D eigenvalue weighted by Crippen LogP contribution is -3.12. The highest BCUT2D eigenvalue weighted by Gasteiger charge is 2.51. The Morgan fingerprint density at radius 3 is 2.48 bits per heavy atom. The van der Waals surface area contributed by atoms with Crippen LogP contribution in [0.1, 0.15) is 32.6 Å². The molecule has 2 rings (SSSR count). The number of carbonyl (C=O) groups excluding carboxylic acids is 1. The average Bonchev–Trinajstić information content (AvgIpc) is 2.67. The highest BCUT2D eigenvalue weighted by molar-refractivity contribution is 7.94. The first-order chi connectivity index (χ1) is 10.5. The number of quaternary nitrogens is 1. The zero-order valence-electron chi connectivity index (χ0n) is 13.2. The SMILES string of the molecule is C[C@]1(NC(=O)CC[NH+]2CCCCC2)CS(=O)(=O)C[C@@H]1S(=O)(=O)[O-]. The lowest BCUT2D eigenvalue weighted by atomic mass is 10.0. The molecule has 2 atom stereocenters. The van der Waals surface area contributed by atoms with Gasteiger partial charge in [-0.3, -0.25) is 4.79 Å². The third-order valence-corrected chi connectivity index (χ3v) is 8.15. The molecule has 134 valence electrons. The fourth-order valence-corrected chi connectivity index (χ4v) is 7.82. The van der Waals surface area contributed by atoms with Gasteiger partial charge < -0.3 is 14.8 Å². The van der Waals surface area contributed by atoms with Crippen molar-refractivity contribution in [3.05, 3.63) is 0 Å². The summed E-state index contributed by atoms with van der Waals surface area (Å²) in [5, 5.41) is 0.863. The molecule has 2 N–H and O–H groups in total. The maximum Gasteiger partial charge on any atom is 0.226 e. The molecule has 8 nitrogen and oxygen atoms in total. The number of rotatable bonds is 5. The Hall–Kier alpha value is -0.710. The Labute approximate surface area is 137 Å². The van der Waals surface area contributed by atoms with Gasteiger partial charge in [0.25, 0.3) is 0 Å². The number of hydrogen-bond donors (Lipinski definition) is 2. The van der Waals surface area contributed by atoms with Gasteiger partial charge in [-0.15, -0.1) is 0 Å². The Morgan fingerprint density at radius 1 is 1.30 bits per heavy atom. The van der Waals surface area contributed by atoms with E-state index in [9.17, 15) is 26.2 Å². The molecular formula is C13H24N2O6S2. The molecule has 0 unspecified atom stereocenters. The van der Waals surface area contributed by atoms with Crippen molar-refractivity contribution in [1.29, 1.82) is 0 Å². The second-order valence-electron chi connectivity index (χ2n) is 6.81. The molecule has 0 spiro atoms. The van der Waals surface area contributed by atoms with E-state index in [1.54, 1.807) is 0 Å². The van der Waals surface area contributed by atoms with Gasteiger partial charge in [0.1, 0.15) is 10.1 Å². The number of hydrogen-bond acceptors (Lipinski definition) is 6. The Balaban J connectivity index is 1.99. The number of nitrogens with one attached hydrogen (secondary N) is 2. The molecular weight excluding hydrogens is 344 g/mol. The molecule has 0 radical (unpaired) electrons. The Kier molecular flexibility index (Phi) is 5.39. The van der Waals surface area contributed by atoms with E-state index in [0.29, 0.717) is 6.54 Å². The quantitative estimate of drug-likeness (QED) is 0.524. The molecule has 23 heavy (non-hydrogen) atoms. The summed E-state index contributed by atoms with van der Waals surface area (Å²) in [5.74, 6) is -1.65. The fourth-order valence-electron chi connectivity index (χ4n) is 3.51. The number of carbonyl (C=O) groups is 1. The molecule has 2 fully saturated rings. The van der Waals surface area contributed by atoms with Crippen LogP contribution in [-0.4, -0.2) is 69.2 Å². The van der Waals surface area contributed by atoms with Crippen molar-refractivity contribution < 1.29 is 31.1 Å². The molecule has 0 aromatic carbocycles. The summed E-state index contributed by atoms with van der Waals surface area (Å²) in [6, 6.07) is 0. The van der Waals surface area contributed by atoms with Crippen molar-refractivity contribution in [1.82, 2.24) is 5.32 Å². The zero-order valence-corrected chi connectivity index (χ0v) is 14.8. The average molecular weight is 368 g/mol. The first kappa shape index (κ1) is 18.6. The van der Waals surface area contributed by atoms with E-state index >= 15 is 0 Å². The third kappa shape index (κ3) is 4.88. The fraction of sp³-hybridized carbons (Fsp3) is 0.923. The summed E-state index contributed by atoms with van der Waals surface area (Å²) >= 11 is 0. The Bertz CT molecular complexity index is 654. The van der Waals surface area contributed by atoms with Crippen molar-refractivity contribution in [3.8, 4) is 0 Å². The van der Waals surface area contributed by atoms with Gasteiger partial charge in [0.15, 0.2) is 9.84 Å². The Morgan fingerprint density at radius 2 is 1.91 bits per heavy atom. The van der Waals surface area contributed by atoms with E-state index in [2.05, 4.69) is 5.32 Å². The van der Waals surface area contributed by atoms with Crippen molar-refractivity contribution in [3.63, 3.8) is 0 Å². The van der Waals surface area contributed by atoms with E-state index < -0.39 is 48.2 Å². The van der Waals surface area contributed by atoms with Crippen LogP contribution in [0.2, 0.25) is 0 Å². The first-order valence-electron chi connectivity index (χ1n) is 7.82. The normalized spacial score (nSPS) is 31.8. The van der Waals surface area contributed by atoms with Crippen LogP contribution < -0.4 is 10.2 Å². The number of piperidine rings is 1. The van der Waals surface area contributed by atoms with Gasteiger partial charge in [0, 0.05) is 0 Å². The van der Waals surface area contributed by atoms with E-state index in [4.69, 9.17) is 0 Å². The first-order valence-corrected chi connectivity index (χ1v) is 11.1. The second-order valence-corrected chi connectivity index (χ2v) is 10.5. The minimum absolute atomic E-state index is 0.191. The van der Waals surface area contributed by atoms with Crippen LogP contribution in [0.15, 0.2) is 0 Å². The molecule has 2 heterocycles. The van der Waals surface area contributed by atoms with E-state index in [1.807, 2.05) is 0 Å². The summed E-state index contributed by atoms with van der Waals surface area (Å²) in [6.45, 7) is 3.97. The third-order valence-electron chi connectivity index (χ3n) is 4.68. The van der Waals surface area contributed by atoms with Gasteiger partial charge in [-0.05, 0) is 26.2 Å². The van der Waals surface area contributed by atoms with Crippen molar-refractivity contribution in [2.75, 3.05) is 31.1 Å². The monoisotopic (exact) mass is 368 g/mol. The molecule has 0 saturated carbocycles. The topological polar surface area (TPSA) is 125 Å². The summed E-state index contributed by atoms with van der Waals surface area (Å²) in [4.78, 5) is 13.4. The molecule has 1 amide bonds. The zero-order chi connectivity index (χ0) is 17.3. The van der Waals surface area contributed by atoms with E-state index in [0.717, 1.165) is 25.9 Å². The predicted octanol–water partition coefficient (Wildman–Crippen LogP) is -2.34. The minimum Gasteiger partial charge on any atom is -0.748 e. The van der Waals surface area contributed by atoms with Crippen molar-refractivity contribution >= 4 is 25.9 Å². The lowest BCUT2D eigenvalue weighted by Gasteiger charge is -2.32. The van der Waals surface area contributed by atoms with E-state index in [1.165, 1.54) is 18.2 Å². The van der Waals surface area contributed by atoms with Gasteiger partial charge in [-0.1, -0.05) is 0 Å². The van der Waals surface area contributed by atoms with Crippen LogP contribution in [0.3, 0.4) is 0 Å². The molecule has 10 heteroatoms. The minimum atomic E-state index is -4.81. The molecule has 0 aromatic rings. The summed E-state index contributed by atoms with van der Waals surface area (Å²) in [6.07, 6.45) is 3.65. The van der Waals surface area contributed by atoms with Crippen LogP contribution in [0.25, 0.3) is 0 Å². The maximum atomic E-state index is 12.1. The van der Waals surface area contributed by atoms with Crippen LogP contribution >= 0.6 is 0 Å². The van der Waals surface area contributed by atoms with Crippen LogP contribution in [0.4, 0.5) is 0 Å². The molecule has 0 aliphatic carbocycles. The highest BCUT2D eigenvalue weighted by Crippen LogP contribution is 2.28.